The summed E-state index contributed by atoms with van der Waals surface area (Å²) >= 11 is 0. The number of hydrogen-bond acceptors (Lipinski definition) is 3. The number of para-hydroxylation sites is 1. The van der Waals surface area contributed by atoms with Crippen LogP contribution in [-0.4, -0.2) is 36.8 Å². The molecule has 1 saturated heterocycles. The van der Waals surface area contributed by atoms with Crippen LogP contribution in [0.2, 0.25) is 0 Å². The molecule has 2 rings (SSSR count). The lowest BCUT2D eigenvalue weighted by atomic mass is 10.1. The summed E-state index contributed by atoms with van der Waals surface area (Å²) in [5.41, 5.74) is 2.14. The van der Waals surface area contributed by atoms with Crippen molar-refractivity contribution in [3.63, 3.8) is 0 Å². The van der Waals surface area contributed by atoms with E-state index < -0.39 is 6.04 Å². The van der Waals surface area contributed by atoms with E-state index in [0.717, 1.165) is 18.7 Å². The molecule has 1 aliphatic rings. The van der Waals surface area contributed by atoms with Crippen LogP contribution >= 0.6 is 0 Å². The summed E-state index contributed by atoms with van der Waals surface area (Å²) in [6.07, 6.45) is 0.900. The van der Waals surface area contributed by atoms with E-state index in [4.69, 9.17) is 5.11 Å². The van der Waals surface area contributed by atoms with Gasteiger partial charge in [-0.05, 0) is 18.1 Å². The minimum atomic E-state index is -0.464. The zero-order valence-electron chi connectivity index (χ0n) is 10.0. The van der Waals surface area contributed by atoms with Gasteiger partial charge in [0.1, 0.15) is 6.04 Å². The number of rotatable bonds is 3. The van der Waals surface area contributed by atoms with Crippen LogP contribution in [0.25, 0.3) is 0 Å². The normalized spacial score (nSPS) is 20.7. The van der Waals surface area contributed by atoms with Crippen LogP contribution < -0.4 is 10.2 Å². The minimum absolute atomic E-state index is 0.0420. The molecular weight excluding hydrogens is 216 g/mol. The summed E-state index contributed by atoms with van der Waals surface area (Å²) in [4.78, 5) is 13.9. The summed E-state index contributed by atoms with van der Waals surface area (Å²) in [7, 11) is 0. The Balaban J connectivity index is 2.29. The van der Waals surface area contributed by atoms with E-state index in [1.807, 2.05) is 24.3 Å². The first kappa shape index (κ1) is 12.1. The SMILES string of the molecule is CCc1ccccc1N1CCNC(CO)C1=O. The topological polar surface area (TPSA) is 52.6 Å². The maximum Gasteiger partial charge on any atom is 0.246 e. The zero-order chi connectivity index (χ0) is 12.3. The van der Waals surface area contributed by atoms with Crippen molar-refractivity contribution in [2.45, 2.75) is 19.4 Å². The van der Waals surface area contributed by atoms with E-state index in [0.29, 0.717) is 6.54 Å². The number of amides is 1. The summed E-state index contributed by atoms with van der Waals surface area (Å²) in [6, 6.07) is 7.47. The molecule has 1 aromatic carbocycles. The van der Waals surface area contributed by atoms with Gasteiger partial charge in [0, 0.05) is 18.8 Å². The van der Waals surface area contributed by atoms with Gasteiger partial charge < -0.3 is 15.3 Å². The van der Waals surface area contributed by atoms with Crippen molar-refractivity contribution in [1.29, 1.82) is 0 Å². The lowest BCUT2D eigenvalue weighted by Crippen LogP contribution is -2.56. The second-order valence-corrected chi connectivity index (χ2v) is 4.16. The highest BCUT2D eigenvalue weighted by molar-refractivity contribution is 5.98. The fourth-order valence-corrected chi connectivity index (χ4v) is 2.19. The molecule has 17 heavy (non-hydrogen) atoms. The second kappa shape index (κ2) is 5.29. The van der Waals surface area contributed by atoms with Crippen molar-refractivity contribution in [3.05, 3.63) is 29.8 Å². The molecular formula is C13H18N2O2. The molecule has 1 amide bonds. The number of carbonyl (C=O) groups excluding carboxylic acids is 1. The number of aliphatic hydroxyl groups is 1. The van der Waals surface area contributed by atoms with Crippen molar-refractivity contribution in [2.75, 3.05) is 24.6 Å². The third-order valence-electron chi connectivity index (χ3n) is 3.14. The Morgan fingerprint density at radius 1 is 1.47 bits per heavy atom. The Morgan fingerprint density at radius 2 is 2.24 bits per heavy atom. The van der Waals surface area contributed by atoms with Gasteiger partial charge in [0.2, 0.25) is 5.91 Å². The van der Waals surface area contributed by atoms with Gasteiger partial charge in [0.25, 0.3) is 0 Å². The minimum Gasteiger partial charge on any atom is -0.394 e. The molecule has 0 radical (unpaired) electrons. The highest BCUT2D eigenvalue weighted by Crippen LogP contribution is 2.22. The van der Waals surface area contributed by atoms with Gasteiger partial charge in [-0.25, -0.2) is 0 Å². The first-order valence-electron chi connectivity index (χ1n) is 6.01. The van der Waals surface area contributed by atoms with Crippen LogP contribution in [0.3, 0.4) is 0 Å². The molecule has 0 aliphatic carbocycles. The largest absolute Gasteiger partial charge is 0.394 e. The molecule has 1 atom stereocenters. The molecule has 0 bridgehead atoms. The second-order valence-electron chi connectivity index (χ2n) is 4.16. The Labute approximate surface area is 101 Å². The van der Waals surface area contributed by atoms with E-state index in [1.54, 1.807) is 4.90 Å². The van der Waals surface area contributed by atoms with E-state index >= 15 is 0 Å². The van der Waals surface area contributed by atoms with Gasteiger partial charge in [-0.15, -0.1) is 0 Å². The third-order valence-corrected chi connectivity index (χ3v) is 3.14. The molecule has 1 unspecified atom stereocenters. The number of anilines is 1. The number of hydrogen-bond donors (Lipinski definition) is 2. The lowest BCUT2D eigenvalue weighted by molar-refractivity contribution is -0.122. The van der Waals surface area contributed by atoms with Gasteiger partial charge in [-0.2, -0.15) is 0 Å². The first-order chi connectivity index (χ1) is 8.27. The van der Waals surface area contributed by atoms with Gasteiger partial charge in [0.05, 0.1) is 6.61 Å². The lowest BCUT2D eigenvalue weighted by Gasteiger charge is -2.33. The number of aryl methyl sites for hydroxylation is 1. The molecule has 1 fully saturated rings. The Kier molecular flexibility index (Phi) is 3.76. The smallest absolute Gasteiger partial charge is 0.246 e. The fraction of sp³-hybridized carbons (Fsp3) is 0.462. The average molecular weight is 234 g/mol. The summed E-state index contributed by atoms with van der Waals surface area (Å²) < 4.78 is 0. The molecule has 4 nitrogen and oxygen atoms in total. The Bertz CT molecular complexity index is 406. The van der Waals surface area contributed by atoms with Crippen LogP contribution in [0.5, 0.6) is 0 Å². The maximum atomic E-state index is 12.1. The number of nitrogens with one attached hydrogen (secondary N) is 1. The van der Waals surface area contributed by atoms with E-state index in [-0.39, 0.29) is 12.5 Å². The molecule has 2 N–H and O–H groups in total. The molecule has 0 spiro atoms. The molecule has 1 aliphatic heterocycles. The molecule has 4 heteroatoms. The van der Waals surface area contributed by atoms with Crippen LogP contribution in [0.4, 0.5) is 5.69 Å². The molecule has 1 aromatic rings. The van der Waals surface area contributed by atoms with E-state index in [2.05, 4.69) is 12.2 Å². The quantitative estimate of drug-likeness (QED) is 0.803. The Hall–Kier alpha value is -1.39. The molecule has 92 valence electrons. The number of nitrogens with zero attached hydrogens (tertiary/aromatic N) is 1. The fourth-order valence-electron chi connectivity index (χ4n) is 2.19. The highest BCUT2D eigenvalue weighted by atomic mass is 16.3. The molecule has 1 heterocycles. The van der Waals surface area contributed by atoms with Crippen LogP contribution in [0, 0.1) is 0 Å². The highest BCUT2D eigenvalue weighted by Gasteiger charge is 2.29. The van der Waals surface area contributed by atoms with Crippen molar-refractivity contribution in [2.24, 2.45) is 0 Å². The van der Waals surface area contributed by atoms with E-state index in [9.17, 15) is 4.79 Å². The number of aliphatic hydroxyl groups excluding tert-OH is 1. The molecule has 0 aromatic heterocycles. The zero-order valence-corrected chi connectivity index (χ0v) is 10.0. The standard InChI is InChI=1S/C13H18N2O2/c1-2-10-5-3-4-6-12(10)15-8-7-14-11(9-16)13(15)17/h3-6,11,14,16H,2,7-9H2,1H3. The van der Waals surface area contributed by atoms with Crippen LogP contribution in [0.1, 0.15) is 12.5 Å². The third kappa shape index (κ3) is 2.33. The van der Waals surface area contributed by atoms with E-state index in [1.165, 1.54) is 5.56 Å². The predicted molar refractivity (Wildman–Crippen MR) is 67.0 cm³/mol. The van der Waals surface area contributed by atoms with Gasteiger partial charge in [-0.1, -0.05) is 25.1 Å². The number of benzene rings is 1. The average Bonchev–Trinajstić information content (AvgIpc) is 2.39. The van der Waals surface area contributed by atoms with Crippen molar-refractivity contribution >= 4 is 11.6 Å². The van der Waals surface area contributed by atoms with Gasteiger partial charge in [-0.3, -0.25) is 4.79 Å². The Morgan fingerprint density at radius 3 is 2.94 bits per heavy atom. The maximum absolute atomic E-state index is 12.1. The van der Waals surface area contributed by atoms with Crippen molar-refractivity contribution < 1.29 is 9.90 Å². The van der Waals surface area contributed by atoms with Gasteiger partial charge in [0.15, 0.2) is 0 Å². The first-order valence-corrected chi connectivity index (χ1v) is 6.01. The van der Waals surface area contributed by atoms with Crippen molar-refractivity contribution in [3.8, 4) is 0 Å². The molecule has 0 saturated carbocycles. The summed E-state index contributed by atoms with van der Waals surface area (Å²) in [5, 5.41) is 12.2. The predicted octanol–water partition coefficient (Wildman–Crippen LogP) is 0.546. The number of piperazine rings is 1. The summed E-state index contributed by atoms with van der Waals surface area (Å²) in [6.45, 7) is 3.31. The van der Waals surface area contributed by atoms with Crippen molar-refractivity contribution in [1.82, 2.24) is 5.32 Å². The van der Waals surface area contributed by atoms with Gasteiger partial charge >= 0.3 is 0 Å². The monoisotopic (exact) mass is 234 g/mol. The van der Waals surface area contributed by atoms with Crippen LogP contribution in [0.15, 0.2) is 24.3 Å². The summed E-state index contributed by atoms with van der Waals surface area (Å²) in [5.74, 6) is -0.0420. The van der Waals surface area contributed by atoms with Crippen LogP contribution in [-0.2, 0) is 11.2 Å². The number of carbonyl (C=O) groups is 1.